The Morgan fingerprint density at radius 3 is 2.53 bits per heavy atom. The van der Waals surface area contributed by atoms with Crippen LogP contribution in [0.1, 0.15) is 5.56 Å². The van der Waals surface area contributed by atoms with Crippen LogP contribution in [0.4, 0.5) is 5.82 Å². The van der Waals surface area contributed by atoms with Gasteiger partial charge >= 0.3 is 0 Å². The molecule has 0 atom stereocenters. The molecule has 32 heavy (non-hydrogen) atoms. The number of fused-ring (bicyclic) bond motifs is 1. The first kappa shape index (κ1) is 23.1. The molecular weight excluding hydrogens is 472 g/mol. The molecule has 4 rings (SSSR count). The van der Waals surface area contributed by atoms with Crippen LogP contribution in [-0.4, -0.2) is 65.7 Å². The lowest BCUT2D eigenvalue weighted by atomic mass is 10.2. The number of anilines is 1. The molecule has 0 spiro atoms. The molecule has 1 fully saturated rings. The SMILES string of the molecule is COc1cc(CNS(=O)(=O)c2cc3c(N4CCN(C)CC4)nccc3s2)c(OC)cc1Cl. The predicted octanol–water partition coefficient (Wildman–Crippen LogP) is 3.20. The lowest BCUT2D eigenvalue weighted by molar-refractivity contribution is 0.312. The van der Waals surface area contributed by atoms with E-state index < -0.39 is 10.0 Å². The number of sulfonamides is 1. The summed E-state index contributed by atoms with van der Waals surface area (Å²) in [7, 11) is 1.36. The van der Waals surface area contributed by atoms with Crippen molar-refractivity contribution in [2.24, 2.45) is 0 Å². The standard InChI is InChI=1S/C21H25ClN4O4S2/c1-25-6-8-26(9-7-25)21-15-11-20(31-19(15)4-5-23-21)32(27,28)24-13-14-10-18(30-3)16(22)12-17(14)29-2/h4-5,10-12,24H,6-9,13H2,1-3H3. The van der Waals surface area contributed by atoms with E-state index in [1.165, 1.54) is 25.6 Å². The Morgan fingerprint density at radius 1 is 1.12 bits per heavy atom. The third-order valence-corrected chi connectivity index (χ3v) is 8.75. The molecule has 3 heterocycles. The number of pyridine rings is 1. The largest absolute Gasteiger partial charge is 0.496 e. The molecule has 1 N–H and O–H groups in total. The number of ether oxygens (including phenoxy) is 2. The molecule has 1 aliphatic heterocycles. The quantitative estimate of drug-likeness (QED) is 0.537. The van der Waals surface area contributed by atoms with E-state index in [0.717, 1.165) is 42.1 Å². The monoisotopic (exact) mass is 496 g/mol. The molecule has 1 saturated heterocycles. The van der Waals surface area contributed by atoms with Gasteiger partial charge in [-0.2, -0.15) is 0 Å². The molecule has 8 nitrogen and oxygen atoms in total. The van der Waals surface area contributed by atoms with Gasteiger partial charge in [-0.15, -0.1) is 11.3 Å². The average Bonchev–Trinajstić information content (AvgIpc) is 3.24. The lowest BCUT2D eigenvalue weighted by Gasteiger charge is -2.33. The average molecular weight is 497 g/mol. The Bertz CT molecular complexity index is 1220. The molecule has 0 radical (unpaired) electrons. The van der Waals surface area contributed by atoms with E-state index in [9.17, 15) is 8.42 Å². The van der Waals surface area contributed by atoms with Crippen molar-refractivity contribution in [1.82, 2.24) is 14.6 Å². The summed E-state index contributed by atoms with van der Waals surface area (Å²) in [5.41, 5.74) is 0.623. The second-order valence-electron chi connectivity index (χ2n) is 7.53. The summed E-state index contributed by atoms with van der Waals surface area (Å²) in [6.45, 7) is 3.65. The van der Waals surface area contributed by atoms with Gasteiger partial charge in [0.25, 0.3) is 0 Å². The first-order valence-electron chi connectivity index (χ1n) is 10.0. The minimum atomic E-state index is -3.75. The maximum Gasteiger partial charge on any atom is 0.250 e. The number of likely N-dealkylation sites (N-methyl/N-ethyl adjacent to an activating group) is 1. The Hall–Kier alpha value is -2.11. The molecule has 0 unspecified atom stereocenters. The fourth-order valence-corrected chi connectivity index (χ4v) is 6.29. The van der Waals surface area contributed by atoms with Crippen molar-refractivity contribution in [3.63, 3.8) is 0 Å². The number of hydrogen-bond donors (Lipinski definition) is 1. The van der Waals surface area contributed by atoms with Gasteiger partial charge in [-0.3, -0.25) is 0 Å². The summed E-state index contributed by atoms with van der Waals surface area (Å²) in [6, 6.07) is 6.84. The van der Waals surface area contributed by atoms with Crippen LogP contribution < -0.4 is 19.1 Å². The number of piperazine rings is 1. The number of thiophene rings is 1. The van der Waals surface area contributed by atoms with Crippen molar-refractivity contribution in [3.8, 4) is 11.5 Å². The summed E-state index contributed by atoms with van der Waals surface area (Å²) in [6.07, 6.45) is 1.74. The van der Waals surface area contributed by atoms with Crippen LogP contribution in [0.5, 0.6) is 11.5 Å². The molecule has 0 saturated carbocycles. The number of methoxy groups -OCH3 is 2. The minimum Gasteiger partial charge on any atom is -0.496 e. The summed E-state index contributed by atoms with van der Waals surface area (Å²) in [4.78, 5) is 9.03. The van der Waals surface area contributed by atoms with Gasteiger partial charge in [-0.05, 0) is 25.2 Å². The number of rotatable bonds is 7. The maximum atomic E-state index is 13.1. The molecule has 0 bridgehead atoms. The van der Waals surface area contributed by atoms with E-state index >= 15 is 0 Å². The van der Waals surface area contributed by atoms with E-state index in [2.05, 4.69) is 26.6 Å². The summed E-state index contributed by atoms with van der Waals surface area (Å²) < 4.78 is 40.6. The number of hydrogen-bond acceptors (Lipinski definition) is 8. The fourth-order valence-electron chi connectivity index (χ4n) is 3.63. The van der Waals surface area contributed by atoms with Gasteiger partial charge < -0.3 is 19.3 Å². The summed E-state index contributed by atoms with van der Waals surface area (Å²) in [5.74, 6) is 1.76. The predicted molar refractivity (Wildman–Crippen MR) is 128 cm³/mol. The Morgan fingerprint density at radius 2 is 1.84 bits per heavy atom. The lowest BCUT2D eigenvalue weighted by Crippen LogP contribution is -2.44. The summed E-state index contributed by atoms with van der Waals surface area (Å²) in [5, 5.41) is 1.25. The number of nitrogens with zero attached hydrogens (tertiary/aromatic N) is 3. The van der Waals surface area contributed by atoms with Gasteiger partial charge in [0, 0.05) is 60.6 Å². The van der Waals surface area contributed by atoms with Gasteiger partial charge in [0.15, 0.2) is 0 Å². The van der Waals surface area contributed by atoms with Crippen LogP contribution in [0.15, 0.2) is 34.7 Å². The van der Waals surface area contributed by atoms with Gasteiger partial charge in [0.05, 0.1) is 19.2 Å². The molecule has 0 amide bonds. The minimum absolute atomic E-state index is 0.0385. The van der Waals surface area contributed by atoms with E-state index in [1.807, 2.05) is 6.07 Å². The Labute approximate surface area is 196 Å². The second kappa shape index (κ2) is 9.40. The topological polar surface area (TPSA) is 84.0 Å². The highest BCUT2D eigenvalue weighted by molar-refractivity contribution is 7.91. The Kier molecular flexibility index (Phi) is 6.78. The Balaban J connectivity index is 1.60. The molecule has 11 heteroatoms. The molecule has 0 aliphatic carbocycles. The van der Waals surface area contributed by atoms with Crippen molar-refractivity contribution in [1.29, 1.82) is 0 Å². The zero-order valence-electron chi connectivity index (χ0n) is 18.1. The van der Waals surface area contributed by atoms with Crippen molar-refractivity contribution in [2.45, 2.75) is 10.8 Å². The maximum absolute atomic E-state index is 13.1. The van der Waals surface area contributed by atoms with Crippen molar-refractivity contribution in [3.05, 3.63) is 41.0 Å². The third kappa shape index (κ3) is 4.65. The number of benzene rings is 1. The van der Waals surface area contributed by atoms with E-state index in [4.69, 9.17) is 21.1 Å². The van der Waals surface area contributed by atoms with Crippen LogP contribution >= 0.6 is 22.9 Å². The zero-order valence-corrected chi connectivity index (χ0v) is 20.5. The van der Waals surface area contributed by atoms with Crippen LogP contribution in [0.2, 0.25) is 5.02 Å². The first-order chi connectivity index (χ1) is 15.3. The zero-order chi connectivity index (χ0) is 22.9. The summed E-state index contributed by atoms with van der Waals surface area (Å²) >= 11 is 7.38. The third-order valence-electron chi connectivity index (χ3n) is 5.48. The van der Waals surface area contributed by atoms with Crippen molar-refractivity contribution >= 4 is 48.9 Å². The van der Waals surface area contributed by atoms with Crippen molar-refractivity contribution < 1.29 is 17.9 Å². The van der Waals surface area contributed by atoms with E-state index in [1.54, 1.807) is 24.4 Å². The van der Waals surface area contributed by atoms with Crippen LogP contribution in [0.25, 0.3) is 10.1 Å². The van der Waals surface area contributed by atoms with Crippen LogP contribution in [0, 0.1) is 0 Å². The smallest absolute Gasteiger partial charge is 0.250 e. The number of nitrogens with one attached hydrogen (secondary N) is 1. The second-order valence-corrected chi connectivity index (χ2v) is 11.0. The molecular formula is C21H25ClN4O4S2. The van der Waals surface area contributed by atoms with Crippen molar-refractivity contribution in [2.75, 3.05) is 52.3 Å². The molecule has 2 aromatic heterocycles. The fraction of sp³-hybridized carbons (Fsp3) is 0.381. The highest BCUT2D eigenvalue weighted by atomic mass is 35.5. The van der Waals surface area contributed by atoms with Crippen LogP contribution in [0.3, 0.4) is 0 Å². The molecule has 3 aromatic rings. The van der Waals surface area contributed by atoms with Gasteiger partial charge in [-0.25, -0.2) is 18.1 Å². The van der Waals surface area contributed by atoms with Crippen LogP contribution in [-0.2, 0) is 16.6 Å². The normalized spacial score (nSPS) is 15.3. The first-order valence-corrected chi connectivity index (χ1v) is 12.7. The molecule has 1 aromatic carbocycles. The highest BCUT2D eigenvalue weighted by Gasteiger charge is 2.23. The van der Waals surface area contributed by atoms with E-state index in [0.29, 0.717) is 22.1 Å². The molecule has 1 aliphatic rings. The van der Waals surface area contributed by atoms with Gasteiger partial charge in [-0.1, -0.05) is 11.6 Å². The van der Waals surface area contributed by atoms with Gasteiger partial charge in [0.2, 0.25) is 10.0 Å². The number of halogens is 1. The molecule has 172 valence electrons. The van der Waals surface area contributed by atoms with E-state index in [-0.39, 0.29) is 10.8 Å². The highest BCUT2D eigenvalue weighted by Crippen LogP contribution is 2.35. The van der Waals surface area contributed by atoms with Gasteiger partial charge in [0.1, 0.15) is 21.5 Å². The number of aromatic nitrogens is 1.